The Labute approximate surface area is 169 Å². The Morgan fingerprint density at radius 1 is 0.931 bits per heavy atom. The molecule has 0 heterocycles. The van der Waals surface area contributed by atoms with Crippen molar-refractivity contribution in [3.05, 3.63) is 54.1 Å². The Hall–Kier alpha value is -3.55. The second kappa shape index (κ2) is 10.7. The number of methoxy groups -OCH3 is 2. The van der Waals surface area contributed by atoms with E-state index in [1.807, 2.05) is 0 Å². The summed E-state index contributed by atoms with van der Waals surface area (Å²) in [5, 5.41) is 5.28. The molecule has 8 nitrogen and oxygen atoms in total. The van der Waals surface area contributed by atoms with Crippen LogP contribution in [0, 0.1) is 0 Å². The van der Waals surface area contributed by atoms with Crippen LogP contribution in [0.25, 0.3) is 0 Å². The molecular formula is C21H24N2O6. The Bertz CT molecular complexity index is 868. The number of nitrogens with one attached hydrogen (secondary N) is 2. The molecule has 0 aliphatic carbocycles. The molecule has 8 heteroatoms. The van der Waals surface area contributed by atoms with Crippen molar-refractivity contribution in [1.82, 2.24) is 5.32 Å². The molecule has 0 aromatic heterocycles. The highest BCUT2D eigenvalue weighted by Crippen LogP contribution is 2.23. The minimum atomic E-state index is -1.00. The fourth-order valence-corrected chi connectivity index (χ4v) is 2.50. The summed E-state index contributed by atoms with van der Waals surface area (Å²) in [6.07, 6.45) is -1.08. The summed E-state index contributed by atoms with van der Waals surface area (Å²) in [6.45, 7) is 1.53. The highest BCUT2D eigenvalue weighted by atomic mass is 16.5. The van der Waals surface area contributed by atoms with E-state index in [0.717, 1.165) is 0 Å². The molecule has 0 unspecified atom stereocenters. The number of carbonyl (C=O) groups is 3. The number of rotatable bonds is 9. The molecule has 29 heavy (non-hydrogen) atoms. The molecule has 0 saturated heterocycles. The molecule has 2 amide bonds. The van der Waals surface area contributed by atoms with Crippen molar-refractivity contribution < 1.29 is 28.6 Å². The van der Waals surface area contributed by atoms with Gasteiger partial charge in [0.2, 0.25) is 0 Å². The summed E-state index contributed by atoms with van der Waals surface area (Å²) in [5.41, 5.74) is 0.847. The monoisotopic (exact) mass is 400 g/mol. The standard InChI is InChI=1S/C21H24N2O6/c1-14(20(25)23-16-9-5-7-11-18(16)28-3)29-19(24)12-13-22-21(26)15-8-4-6-10-17(15)27-2/h4-11,14H,12-13H2,1-3H3,(H,22,26)(H,23,25)/t14-/m1/s1. The molecule has 0 radical (unpaired) electrons. The third-order valence-corrected chi connectivity index (χ3v) is 4.01. The average molecular weight is 400 g/mol. The van der Waals surface area contributed by atoms with Crippen LogP contribution in [0.3, 0.4) is 0 Å². The first-order valence-electron chi connectivity index (χ1n) is 9.00. The fourth-order valence-electron chi connectivity index (χ4n) is 2.50. The lowest BCUT2D eigenvalue weighted by atomic mass is 10.2. The quantitative estimate of drug-likeness (QED) is 0.627. The van der Waals surface area contributed by atoms with Gasteiger partial charge in [0.1, 0.15) is 11.5 Å². The van der Waals surface area contributed by atoms with Gasteiger partial charge >= 0.3 is 5.97 Å². The van der Waals surface area contributed by atoms with Gasteiger partial charge in [-0.3, -0.25) is 14.4 Å². The first-order chi connectivity index (χ1) is 14.0. The van der Waals surface area contributed by atoms with Crippen molar-refractivity contribution in [3.63, 3.8) is 0 Å². The molecule has 2 N–H and O–H groups in total. The van der Waals surface area contributed by atoms with Crippen LogP contribution in [-0.2, 0) is 14.3 Å². The number of hydrogen-bond acceptors (Lipinski definition) is 6. The van der Waals surface area contributed by atoms with E-state index < -0.39 is 18.0 Å². The average Bonchev–Trinajstić information content (AvgIpc) is 2.73. The van der Waals surface area contributed by atoms with Crippen LogP contribution < -0.4 is 20.1 Å². The van der Waals surface area contributed by atoms with Gasteiger partial charge in [-0.1, -0.05) is 24.3 Å². The van der Waals surface area contributed by atoms with Crippen LogP contribution in [-0.4, -0.2) is 44.7 Å². The lowest BCUT2D eigenvalue weighted by Crippen LogP contribution is -2.32. The van der Waals surface area contributed by atoms with Gasteiger partial charge in [0.25, 0.3) is 11.8 Å². The highest BCUT2D eigenvalue weighted by Gasteiger charge is 2.19. The minimum absolute atomic E-state index is 0.0660. The summed E-state index contributed by atoms with van der Waals surface area (Å²) in [7, 11) is 2.97. The largest absolute Gasteiger partial charge is 0.496 e. The first kappa shape index (κ1) is 21.7. The Morgan fingerprint density at radius 2 is 1.55 bits per heavy atom. The molecule has 2 rings (SSSR count). The topological polar surface area (TPSA) is 103 Å². The third-order valence-electron chi connectivity index (χ3n) is 4.01. The fraction of sp³-hybridized carbons (Fsp3) is 0.286. The smallest absolute Gasteiger partial charge is 0.308 e. The predicted molar refractivity (Wildman–Crippen MR) is 107 cm³/mol. The van der Waals surface area contributed by atoms with Crippen molar-refractivity contribution in [2.45, 2.75) is 19.4 Å². The van der Waals surface area contributed by atoms with Gasteiger partial charge in [0.15, 0.2) is 6.10 Å². The van der Waals surface area contributed by atoms with Gasteiger partial charge in [-0.25, -0.2) is 0 Å². The Balaban J connectivity index is 1.79. The van der Waals surface area contributed by atoms with Crippen molar-refractivity contribution in [2.24, 2.45) is 0 Å². The molecule has 0 bridgehead atoms. The van der Waals surface area contributed by atoms with E-state index >= 15 is 0 Å². The lowest BCUT2D eigenvalue weighted by Gasteiger charge is -2.15. The van der Waals surface area contributed by atoms with Gasteiger partial charge < -0.3 is 24.8 Å². The maximum absolute atomic E-state index is 12.2. The number of carbonyl (C=O) groups excluding carboxylic acids is 3. The molecule has 0 saturated carbocycles. The predicted octanol–water partition coefficient (Wildman–Crippen LogP) is 2.39. The van der Waals surface area contributed by atoms with Crippen LogP contribution in [0.5, 0.6) is 11.5 Å². The zero-order valence-corrected chi connectivity index (χ0v) is 16.6. The van der Waals surface area contributed by atoms with E-state index in [9.17, 15) is 14.4 Å². The highest BCUT2D eigenvalue weighted by molar-refractivity contribution is 5.97. The van der Waals surface area contributed by atoms with E-state index in [0.29, 0.717) is 22.7 Å². The van der Waals surface area contributed by atoms with Crippen molar-refractivity contribution in [3.8, 4) is 11.5 Å². The number of anilines is 1. The van der Waals surface area contributed by atoms with Crippen LogP contribution in [0.2, 0.25) is 0 Å². The Morgan fingerprint density at radius 3 is 2.24 bits per heavy atom. The van der Waals surface area contributed by atoms with Crippen LogP contribution in [0.15, 0.2) is 48.5 Å². The van der Waals surface area contributed by atoms with E-state index in [-0.39, 0.29) is 18.9 Å². The summed E-state index contributed by atoms with van der Waals surface area (Å²) >= 11 is 0. The second-order valence-electron chi connectivity index (χ2n) is 6.03. The van der Waals surface area contributed by atoms with Gasteiger partial charge in [-0.05, 0) is 31.2 Å². The molecule has 154 valence electrons. The maximum Gasteiger partial charge on any atom is 0.308 e. The molecule has 0 spiro atoms. The summed E-state index contributed by atoms with van der Waals surface area (Å²) < 4.78 is 15.4. The Kier molecular flexibility index (Phi) is 8.02. The number of amides is 2. The van der Waals surface area contributed by atoms with Gasteiger partial charge in [-0.2, -0.15) is 0 Å². The molecule has 0 fully saturated rings. The van der Waals surface area contributed by atoms with Crippen LogP contribution in [0.4, 0.5) is 5.69 Å². The third kappa shape index (κ3) is 6.24. The van der Waals surface area contributed by atoms with E-state index in [1.165, 1.54) is 21.1 Å². The van der Waals surface area contributed by atoms with Gasteiger partial charge in [-0.15, -0.1) is 0 Å². The van der Waals surface area contributed by atoms with Crippen molar-refractivity contribution >= 4 is 23.5 Å². The number of esters is 1. The molecular weight excluding hydrogens is 376 g/mol. The number of benzene rings is 2. The number of ether oxygens (including phenoxy) is 3. The second-order valence-corrected chi connectivity index (χ2v) is 6.03. The van der Waals surface area contributed by atoms with Crippen molar-refractivity contribution in [1.29, 1.82) is 0 Å². The van der Waals surface area contributed by atoms with Crippen LogP contribution >= 0.6 is 0 Å². The maximum atomic E-state index is 12.2. The molecule has 0 aliphatic heterocycles. The van der Waals surface area contributed by atoms with Gasteiger partial charge in [0.05, 0.1) is 31.9 Å². The summed E-state index contributed by atoms with van der Waals surface area (Å²) in [4.78, 5) is 36.4. The summed E-state index contributed by atoms with van der Waals surface area (Å²) in [6, 6.07) is 13.7. The van der Waals surface area contributed by atoms with E-state index in [2.05, 4.69) is 10.6 Å². The zero-order valence-electron chi connectivity index (χ0n) is 16.6. The number of hydrogen-bond donors (Lipinski definition) is 2. The molecule has 2 aromatic carbocycles. The normalized spacial score (nSPS) is 11.1. The first-order valence-corrected chi connectivity index (χ1v) is 9.00. The molecule has 0 aliphatic rings. The minimum Gasteiger partial charge on any atom is -0.496 e. The SMILES string of the molecule is COc1ccccc1NC(=O)[C@@H](C)OC(=O)CCNC(=O)c1ccccc1OC. The molecule has 2 aromatic rings. The number of para-hydroxylation sites is 3. The molecule has 1 atom stereocenters. The van der Waals surface area contributed by atoms with Gasteiger partial charge in [0, 0.05) is 6.54 Å². The zero-order chi connectivity index (χ0) is 21.2. The lowest BCUT2D eigenvalue weighted by molar-refractivity contribution is -0.153. The van der Waals surface area contributed by atoms with Crippen LogP contribution in [0.1, 0.15) is 23.7 Å². The summed E-state index contributed by atoms with van der Waals surface area (Å²) in [5.74, 6) is -0.515. The van der Waals surface area contributed by atoms with E-state index in [4.69, 9.17) is 14.2 Å². The van der Waals surface area contributed by atoms with Crippen molar-refractivity contribution in [2.75, 3.05) is 26.1 Å². The van der Waals surface area contributed by atoms with E-state index in [1.54, 1.807) is 48.5 Å².